The Morgan fingerprint density at radius 3 is 2.06 bits per heavy atom. The molecule has 1 saturated heterocycles. The third-order valence-electron chi connectivity index (χ3n) is 7.87. The number of aryl methyl sites for hydroxylation is 1. The number of amides is 1. The van der Waals surface area contributed by atoms with Crippen molar-refractivity contribution in [1.29, 1.82) is 0 Å². The van der Waals surface area contributed by atoms with Gasteiger partial charge in [-0.1, -0.05) is 18.2 Å². The van der Waals surface area contributed by atoms with Crippen LogP contribution in [0.1, 0.15) is 61.1 Å². The van der Waals surface area contributed by atoms with E-state index in [1.54, 1.807) is 4.90 Å². The molecular formula is C24H26F7NO3. The second kappa shape index (κ2) is 8.96. The molecule has 1 amide bonds. The van der Waals surface area contributed by atoms with Gasteiger partial charge in [-0.25, -0.2) is 4.39 Å². The van der Waals surface area contributed by atoms with Gasteiger partial charge in [-0.15, -0.1) is 0 Å². The third-order valence-corrected chi connectivity index (χ3v) is 7.87. The van der Waals surface area contributed by atoms with Crippen molar-refractivity contribution in [2.24, 2.45) is 11.8 Å². The minimum Gasteiger partial charge on any atom is -0.469 e. The fourth-order valence-electron chi connectivity index (χ4n) is 6.01. The normalized spacial score (nSPS) is 27.3. The predicted molar refractivity (Wildman–Crippen MR) is 110 cm³/mol. The van der Waals surface area contributed by atoms with Gasteiger partial charge >= 0.3 is 24.0 Å². The SMILES string of the molecule is COC(=O)C1CCC(C(=O)N2CC[C@H]3c4ccc(C(F)(C(F)(F)F)C(F)(F)F)cc4CC[C@H]32)CC1. The van der Waals surface area contributed by atoms with Gasteiger partial charge in [0.25, 0.3) is 0 Å². The highest BCUT2D eigenvalue weighted by atomic mass is 19.4. The van der Waals surface area contributed by atoms with Crippen molar-refractivity contribution in [3.05, 3.63) is 34.9 Å². The zero-order valence-electron chi connectivity index (χ0n) is 19.0. The van der Waals surface area contributed by atoms with Gasteiger partial charge in [-0.05, 0) is 56.1 Å². The van der Waals surface area contributed by atoms with E-state index in [9.17, 15) is 40.3 Å². The lowest BCUT2D eigenvalue weighted by Gasteiger charge is -2.37. The maximum Gasteiger partial charge on any atom is 0.435 e. The van der Waals surface area contributed by atoms with Gasteiger partial charge in [0.05, 0.1) is 13.0 Å². The quantitative estimate of drug-likeness (QED) is 0.395. The number of halogens is 7. The summed E-state index contributed by atoms with van der Waals surface area (Å²) in [5.41, 5.74) is -6.09. The van der Waals surface area contributed by atoms with Crippen LogP contribution in [0.4, 0.5) is 30.7 Å². The van der Waals surface area contributed by atoms with Crippen molar-refractivity contribution in [3.8, 4) is 0 Å². The Labute approximate surface area is 197 Å². The maximum atomic E-state index is 14.5. The van der Waals surface area contributed by atoms with Crippen molar-refractivity contribution in [3.63, 3.8) is 0 Å². The van der Waals surface area contributed by atoms with Gasteiger partial charge in [-0.2, -0.15) is 26.3 Å². The van der Waals surface area contributed by atoms with E-state index in [0.717, 1.165) is 6.07 Å². The van der Waals surface area contributed by atoms with Crippen molar-refractivity contribution < 1.29 is 45.1 Å². The molecule has 35 heavy (non-hydrogen) atoms. The Bertz CT molecular complexity index is 968. The number of nitrogens with zero attached hydrogens (tertiary/aromatic N) is 1. The first-order chi connectivity index (χ1) is 16.3. The molecule has 0 N–H and O–H groups in total. The minimum atomic E-state index is -6.15. The zero-order chi connectivity index (χ0) is 25.8. The van der Waals surface area contributed by atoms with Crippen LogP contribution in [0.25, 0.3) is 0 Å². The minimum absolute atomic E-state index is 0.0298. The second-order valence-electron chi connectivity index (χ2n) is 9.67. The van der Waals surface area contributed by atoms with E-state index < -0.39 is 23.6 Å². The molecule has 1 aliphatic heterocycles. The molecule has 1 aromatic carbocycles. The van der Waals surface area contributed by atoms with Crippen LogP contribution >= 0.6 is 0 Å². The highest BCUT2D eigenvalue weighted by Crippen LogP contribution is 2.54. The second-order valence-corrected chi connectivity index (χ2v) is 9.67. The molecule has 2 aliphatic carbocycles. The fourth-order valence-corrected chi connectivity index (χ4v) is 6.01. The summed E-state index contributed by atoms with van der Waals surface area (Å²) in [6, 6.07) is 2.20. The number of likely N-dealkylation sites (tertiary alicyclic amines) is 1. The first-order valence-electron chi connectivity index (χ1n) is 11.6. The number of fused-ring (bicyclic) bond motifs is 3. The fraction of sp³-hybridized carbons (Fsp3) is 0.667. The number of benzene rings is 1. The molecule has 1 heterocycles. The summed E-state index contributed by atoms with van der Waals surface area (Å²) < 4.78 is 98.3. The molecule has 3 aliphatic rings. The number of alkyl halides is 7. The van der Waals surface area contributed by atoms with E-state index in [1.165, 1.54) is 7.11 Å². The number of carbonyl (C=O) groups is 2. The van der Waals surface area contributed by atoms with Crippen molar-refractivity contribution in [2.45, 2.75) is 74.9 Å². The molecule has 4 rings (SSSR count). The molecule has 194 valence electrons. The van der Waals surface area contributed by atoms with Crippen molar-refractivity contribution in [1.82, 2.24) is 4.90 Å². The highest BCUT2D eigenvalue weighted by Gasteiger charge is 2.73. The summed E-state index contributed by atoms with van der Waals surface area (Å²) in [4.78, 5) is 26.7. The number of carbonyl (C=O) groups excluding carboxylic acids is 2. The molecule has 11 heteroatoms. The molecule has 0 unspecified atom stereocenters. The monoisotopic (exact) mass is 509 g/mol. The lowest BCUT2D eigenvalue weighted by atomic mass is 9.77. The van der Waals surface area contributed by atoms with Gasteiger partial charge in [0.1, 0.15) is 0 Å². The van der Waals surface area contributed by atoms with Crippen LogP contribution in [0.15, 0.2) is 18.2 Å². The number of hydrogen-bond donors (Lipinski definition) is 0. The molecule has 1 saturated carbocycles. The maximum absolute atomic E-state index is 14.5. The Kier molecular flexibility index (Phi) is 6.59. The lowest BCUT2D eigenvalue weighted by Crippen LogP contribution is -2.50. The predicted octanol–water partition coefficient (Wildman–Crippen LogP) is 5.59. The summed E-state index contributed by atoms with van der Waals surface area (Å²) in [5.74, 6) is -0.994. The van der Waals surface area contributed by atoms with Crippen LogP contribution in [0.3, 0.4) is 0 Å². The summed E-state index contributed by atoms with van der Waals surface area (Å²) >= 11 is 0. The summed E-state index contributed by atoms with van der Waals surface area (Å²) in [5, 5.41) is 0. The molecule has 0 radical (unpaired) electrons. The Morgan fingerprint density at radius 2 is 1.49 bits per heavy atom. The number of ether oxygens (including phenoxy) is 1. The van der Waals surface area contributed by atoms with Crippen LogP contribution in [-0.4, -0.2) is 48.8 Å². The summed E-state index contributed by atoms with van der Waals surface area (Å²) in [6.45, 7) is 0.435. The van der Waals surface area contributed by atoms with E-state index in [4.69, 9.17) is 4.74 Å². The van der Waals surface area contributed by atoms with Crippen LogP contribution in [0.2, 0.25) is 0 Å². The van der Waals surface area contributed by atoms with Gasteiger partial charge in [0.15, 0.2) is 0 Å². The molecule has 0 spiro atoms. The van der Waals surface area contributed by atoms with Gasteiger partial charge in [0, 0.05) is 30.0 Å². The topological polar surface area (TPSA) is 46.6 Å². The highest BCUT2D eigenvalue weighted by molar-refractivity contribution is 5.80. The van der Waals surface area contributed by atoms with Crippen LogP contribution in [-0.2, 0) is 26.4 Å². The van der Waals surface area contributed by atoms with Crippen LogP contribution < -0.4 is 0 Å². The zero-order valence-corrected chi connectivity index (χ0v) is 19.0. The first-order valence-corrected chi connectivity index (χ1v) is 11.6. The Hall–Kier alpha value is -2.33. The molecule has 2 atom stereocenters. The molecule has 0 aromatic heterocycles. The van der Waals surface area contributed by atoms with Crippen LogP contribution in [0, 0.1) is 11.8 Å². The van der Waals surface area contributed by atoms with E-state index in [2.05, 4.69) is 0 Å². The summed E-state index contributed by atoms with van der Waals surface area (Å²) in [6.07, 6.45) is -9.03. The molecule has 0 bridgehead atoms. The average molecular weight is 509 g/mol. The van der Waals surface area contributed by atoms with Gasteiger partial charge in [-0.3, -0.25) is 9.59 Å². The van der Waals surface area contributed by atoms with Gasteiger partial charge in [0.2, 0.25) is 5.91 Å². The van der Waals surface area contributed by atoms with E-state index in [0.29, 0.717) is 62.8 Å². The molecule has 4 nitrogen and oxygen atoms in total. The summed E-state index contributed by atoms with van der Waals surface area (Å²) in [7, 11) is 1.33. The van der Waals surface area contributed by atoms with Crippen LogP contribution in [0.5, 0.6) is 0 Å². The Balaban J connectivity index is 1.51. The van der Waals surface area contributed by atoms with E-state index >= 15 is 0 Å². The third kappa shape index (κ3) is 4.28. The molecular weight excluding hydrogens is 483 g/mol. The van der Waals surface area contributed by atoms with Crippen molar-refractivity contribution >= 4 is 11.9 Å². The largest absolute Gasteiger partial charge is 0.469 e. The van der Waals surface area contributed by atoms with Crippen molar-refractivity contribution in [2.75, 3.05) is 13.7 Å². The number of esters is 1. The number of hydrogen-bond acceptors (Lipinski definition) is 3. The van der Waals surface area contributed by atoms with Gasteiger partial charge < -0.3 is 9.64 Å². The molecule has 1 aromatic rings. The average Bonchev–Trinajstić information content (AvgIpc) is 3.25. The van der Waals surface area contributed by atoms with E-state index in [1.807, 2.05) is 0 Å². The lowest BCUT2D eigenvalue weighted by molar-refractivity contribution is -0.348. The standard InChI is InChI=1S/C24H26F7NO3/c1-35-21(34)14-4-2-13(3-5-14)20(33)32-11-10-18-17-8-7-16(12-15(17)6-9-19(18)32)22(25,23(26,27)28)24(29,30)31/h7-8,12-14,18-19H,2-6,9-11H2,1H3/t13?,14?,18-,19+/m0/s1. The smallest absolute Gasteiger partial charge is 0.435 e. The first kappa shape index (κ1) is 25.8. The number of rotatable bonds is 3. The molecule has 2 fully saturated rings. The number of methoxy groups -OCH3 is 1. The Morgan fingerprint density at radius 1 is 0.886 bits per heavy atom. The van der Waals surface area contributed by atoms with E-state index in [-0.39, 0.29) is 47.7 Å².